The summed E-state index contributed by atoms with van der Waals surface area (Å²) in [5.74, 6) is -0.545. The van der Waals surface area contributed by atoms with Crippen LogP contribution in [0, 0.1) is 0 Å². The summed E-state index contributed by atoms with van der Waals surface area (Å²) in [6.45, 7) is 1.79. The van der Waals surface area contributed by atoms with E-state index in [0.717, 1.165) is 50.8 Å². The second-order valence-corrected chi connectivity index (χ2v) is 9.14. The molecule has 0 radical (unpaired) electrons. The zero-order chi connectivity index (χ0) is 23.2. The first-order valence-electron chi connectivity index (χ1n) is 11.3. The van der Waals surface area contributed by atoms with Gasteiger partial charge in [-0.2, -0.15) is 0 Å². The minimum Gasteiger partial charge on any atom is -0.354 e. The monoisotopic (exact) mass is 463 g/mol. The van der Waals surface area contributed by atoms with Gasteiger partial charge < -0.3 is 32.8 Å². The van der Waals surface area contributed by atoms with Crippen LogP contribution in [0.3, 0.4) is 0 Å². The highest BCUT2D eigenvalue weighted by atomic mass is 32.1. The third kappa shape index (κ3) is 9.47. The molecule has 0 fully saturated rings. The van der Waals surface area contributed by atoms with Gasteiger partial charge in [0.2, 0.25) is 11.8 Å². The number of amides is 2. The summed E-state index contributed by atoms with van der Waals surface area (Å²) in [4.78, 5) is 34.7. The van der Waals surface area contributed by atoms with Crippen molar-refractivity contribution in [2.75, 3.05) is 19.6 Å². The Morgan fingerprint density at radius 3 is 2.44 bits per heavy atom. The van der Waals surface area contributed by atoms with Crippen LogP contribution in [-0.2, 0) is 28.9 Å². The Labute approximate surface area is 193 Å². The smallest absolute Gasteiger partial charge is 0.242 e. The molecule has 2 aromatic heterocycles. The molecule has 9 nitrogen and oxygen atoms in total. The van der Waals surface area contributed by atoms with Gasteiger partial charge in [0, 0.05) is 34.6 Å². The Bertz CT molecular complexity index is 794. The molecular weight excluding hydrogens is 426 g/mol. The van der Waals surface area contributed by atoms with E-state index < -0.39 is 12.1 Å². The van der Waals surface area contributed by atoms with Gasteiger partial charge in [0.25, 0.3) is 0 Å². The normalized spacial score (nSPS) is 13.0. The summed E-state index contributed by atoms with van der Waals surface area (Å²) in [5, 5.41) is 5.77. The molecule has 10 heteroatoms. The van der Waals surface area contributed by atoms with Crippen molar-refractivity contribution in [3.8, 4) is 0 Å². The zero-order valence-electron chi connectivity index (χ0n) is 18.6. The number of nitrogens with two attached hydrogens (primary N) is 3. The highest BCUT2D eigenvalue weighted by Gasteiger charge is 2.23. The van der Waals surface area contributed by atoms with Crippen LogP contribution in [0.1, 0.15) is 47.6 Å². The van der Waals surface area contributed by atoms with Gasteiger partial charge in [-0.25, -0.2) is 4.98 Å². The fourth-order valence-electron chi connectivity index (χ4n) is 3.33. The van der Waals surface area contributed by atoms with E-state index in [2.05, 4.69) is 32.7 Å². The second-order valence-electron chi connectivity index (χ2n) is 7.89. The van der Waals surface area contributed by atoms with Crippen LogP contribution in [0.4, 0.5) is 0 Å². The molecule has 0 bridgehead atoms. The fraction of sp³-hybridized carbons (Fsp3) is 0.591. The lowest BCUT2D eigenvalue weighted by atomic mass is 10.1. The summed E-state index contributed by atoms with van der Waals surface area (Å²) >= 11 is 1.78. The molecule has 2 rings (SSSR count). The fourth-order valence-corrected chi connectivity index (χ4v) is 4.39. The molecule has 0 aromatic carbocycles. The predicted molar refractivity (Wildman–Crippen MR) is 128 cm³/mol. The van der Waals surface area contributed by atoms with E-state index in [-0.39, 0.29) is 11.8 Å². The predicted octanol–water partition coefficient (Wildman–Crippen LogP) is 0.595. The Kier molecular flexibility index (Phi) is 12.0. The van der Waals surface area contributed by atoms with Gasteiger partial charge in [-0.05, 0) is 70.2 Å². The van der Waals surface area contributed by atoms with Gasteiger partial charge in [0.15, 0.2) is 0 Å². The molecule has 32 heavy (non-hydrogen) atoms. The largest absolute Gasteiger partial charge is 0.354 e. The summed E-state index contributed by atoms with van der Waals surface area (Å²) in [6.07, 6.45) is 9.51. The topological polar surface area (TPSA) is 165 Å². The number of thiophene rings is 1. The number of aromatic nitrogens is 2. The van der Waals surface area contributed by atoms with Crippen molar-refractivity contribution in [2.24, 2.45) is 17.2 Å². The lowest BCUT2D eigenvalue weighted by molar-refractivity contribution is -0.129. The summed E-state index contributed by atoms with van der Waals surface area (Å²) in [7, 11) is 0. The molecular formula is C22H37N7O2S. The quantitative estimate of drug-likeness (QED) is 0.199. The minimum atomic E-state index is -0.760. The number of rotatable bonds is 16. The average molecular weight is 464 g/mol. The number of hydrogen-bond donors (Lipinski definition) is 6. The molecule has 2 amide bonds. The van der Waals surface area contributed by atoms with Crippen LogP contribution in [0.5, 0.6) is 0 Å². The number of aromatic amines is 1. The Hall–Kier alpha value is -2.27. The maximum Gasteiger partial charge on any atom is 0.242 e. The molecule has 0 saturated carbocycles. The Morgan fingerprint density at radius 2 is 1.75 bits per heavy atom. The van der Waals surface area contributed by atoms with Crippen molar-refractivity contribution in [1.29, 1.82) is 0 Å². The molecule has 0 aliphatic carbocycles. The number of H-pyrrole nitrogens is 1. The highest BCUT2D eigenvalue weighted by Crippen LogP contribution is 2.18. The molecule has 2 atom stereocenters. The number of imidazole rings is 1. The van der Waals surface area contributed by atoms with Crippen LogP contribution >= 0.6 is 11.3 Å². The van der Waals surface area contributed by atoms with Crippen molar-refractivity contribution in [1.82, 2.24) is 20.6 Å². The maximum absolute atomic E-state index is 12.8. The van der Waals surface area contributed by atoms with Crippen molar-refractivity contribution in [3.63, 3.8) is 0 Å². The lowest BCUT2D eigenvalue weighted by Gasteiger charge is -2.20. The molecule has 0 unspecified atom stereocenters. The van der Waals surface area contributed by atoms with E-state index in [9.17, 15) is 9.59 Å². The van der Waals surface area contributed by atoms with Crippen molar-refractivity contribution in [3.05, 3.63) is 40.1 Å². The zero-order valence-corrected chi connectivity index (χ0v) is 19.5. The molecule has 0 spiro atoms. The highest BCUT2D eigenvalue weighted by molar-refractivity contribution is 7.11. The van der Waals surface area contributed by atoms with E-state index in [4.69, 9.17) is 17.2 Å². The molecule has 0 aliphatic heterocycles. The number of carbonyl (C=O) groups excluding carboxylic acids is 2. The number of carbonyl (C=O) groups is 2. The van der Waals surface area contributed by atoms with Crippen molar-refractivity contribution < 1.29 is 9.59 Å². The van der Waals surface area contributed by atoms with Crippen LogP contribution in [-0.4, -0.2) is 53.5 Å². The molecule has 2 aromatic rings. The first-order valence-corrected chi connectivity index (χ1v) is 12.1. The minimum absolute atomic E-state index is 0.191. The second kappa shape index (κ2) is 14.7. The van der Waals surface area contributed by atoms with E-state index in [0.29, 0.717) is 25.9 Å². The Balaban J connectivity index is 1.81. The number of aryl methyl sites for hydroxylation is 1. The van der Waals surface area contributed by atoms with Crippen molar-refractivity contribution >= 4 is 23.2 Å². The third-order valence-electron chi connectivity index (χ3n) is 5.18. The van der Waals surface area contributed by atoms with Crippen LogP contribution in [0.2, 0.25) is 0 Å². The first kappa shape index (κ1) is 26.0. The van der Waals surface area contributed by atoms with Gasteiger partial charge in [0.1, 0.15) is 6.04 Å². The van der Waals surface area contributed by atoms with Gasteiger partial charge in [-0.1, -0.05) is 0 Å². The van der Waals surface area contributed by atoms with Crippen LogP contribution in [0.25, 0.3) is 0 Å². The molecule has 0 saturated heterocycles. The van der Waals surface area contributed by atoms with E-state index >= 15 is 0 Å². The molecule has 9 N–H and O–H groups in total. The average Bonchev–Trinajstić information content (AvgIpc) is 3.45. The summed E-state index contributed by atoms with van der Waals surface area (Å²) < 4.78 is 0. The van der Waals surface area contributed by atoms with E-state index in [1.807, 2.05) is 0 Å². The van der Waals surface area contributed by atoms with Crippen LogP contribution < -0.4 is 27.8 Å². The van der Waals surface area contributed by atoms with E-state index in [1.54, 1.807) is 23.9 Å². The number of unbranched alkanes of at least 4 members (excludes halogenated alkanes) is 2. The first-order chi connectivity index (χ1) is 15.5. The number of nitrogens with zero attached hydrogens (tertiary/aromatic N) is 1. The van der Waals surface area contributed by atoms with Gasteiger partial charge >= 0.3 is 0 Å². The van der Waals surface area contributed by atoms with Gasteiger partial charge in [-0.3, -0.25) is 9.59 Å². The number of hydrogen-bond acceptors (Lipinski definition) is 7. The molecule has 178 valence electrons. The maximum atomic E-state index is 12.8. The van der Waals surface area contributed by atoms with Crippen LogP contribution in [0.15, 0.2) is 24.7 Å². The standard InChI is InChI=1S/C22H37N7O2S/c23-10-3-1-5-17-7-8-18(32-17)9-12-27-22(31)20(6-2-4-11-24)29-21(30)19(25)13-16-14-26-15-28-16/h7-8,14-15,19-20H,1-6,9-13,23-25H2,(H,26,28)(H,27,31)(H,29,30)/t19-,20+/m0/s1. The molecule has 0 aliphatic rings. The summed E-state index contributed by atoms with van der Waals surface area (Å²) in [5.41, 5.74) is 17.9. The lowest BCUT2D eigenvalue weighted by Crippen LogP contribution is -2.52. The molecule has 2 heterocycles. The summed E-state index contributed by atoms with van der Waals surface area (Å²) in [6, 6.07) is 2.87. The number of nitrogens with one attached hydrogen (secondary N) is 3. The van der Waals surface area contributed by atoms with E-state index in [1.165, 1.54) is 9.75 Å². The SMILES string of the molecule is NCCCCc1ccc(CCNC(=O)[C@@H](CCCCN)NC(=O)[C@@H](N)Cc2cnc[nH]2)s1. The third-order valence-corrected chi connectivity index (χ3v) is 6.38. The van der Waals surface area contributed by atoms with Gasteiger partial charge in [0.05, 0.1) is 12.4 Å². The Morgan fingerprint density at radius 1 is 1.03 bits per heavy atom. The van der Waals surface area contributed by atoms with Gasteiger partial charge in [-0.15, -0.1) is 11.3 Å². The van der Waals surface area contributed by atoms with Crippen molar-refractivity contribution in [2.45, 2.75) is 63.5 Å².